The average molecular weight is 236 g/mol. The Morgan fingerprint density at radius 3 is 2.21 bits per heavy atom. The molecule has 0 heterocycles. The highest BCUT2D eigenvalue weighted by atomic mass is 35.5. The number of benzene rings is 1. The van der Waals surface area contributed by atoms with Crippen LogP contribution in [0.4, 0.5) is 0 Å². The van der Waals surface area contributed by atoms with Crippen molar-refractivity contribution in [3.8, 4) is 5.75 Å². The van der Waals surface area contributed by atoms with Crippen LogP contribution in [0.2, 0.25) is 5.02 Å². The van der Waals surface area contributed by atoms with Crippen LogP contribution < -0.4 is 14.5 Å². The first kappa shape index (κ1) is 13.3. The maximum Gasteiger partial charge on any atom is 0.276 e. The van der Waals surface area contributed by atoms with Crippen LogP contribution in [0.15, 0.2) is 18.2 Å². The van der Waals surface area contributed by atoms with Crippen molar-refractivity contribution in [3.05, 3.63) is 28.8 Å². The molecule has 0 amide bonds. The molecule has 0 fully saturated rings. The number of aryl methyl sites for hydroxylation is 1. The van der Waals surface area contributed by atoms with Gasteiger partial charge in [0.2, 0.25) is 0 Å². The highest BCUT2D eigenvalue weighted by molar-refractivity contribution is 7.27. The van der Waals surface area contributed by atoms with Crippen LogP contribution in [0.25, 0.3) is 0 Å². The first-order valence-corrected chi connectivity index (χ1v) is 5.05. The van der Waals surface area contributed by atoms with Gasteiger partial charge in [0.15, 0.2) is 0 Å². The van der Waals surface area contributed by atoms with Crippen LogP contribution in [0.3, 0.4) is 0 Å². The fraction of sp³-hybridized carbons (Fsp3) is 0.250. The normalized spacial score (nSPS) is 8.64. The van der Waals surface area contributed by atoms with Gasteiger partial charge in [0.05, 0.1) is 7.11 Å². The molecular weight excluding hydrogens is 227 g/mol. The molecule has 0 aliphatic carbocycles. The molecule has 0 radical (unpaired) electrons. The van der Waals surface area contributed by atoms with Gasteiger partial charge in [-0.1, -0.05) is 16.2 Å². The summed E-state index contributed by atoms with van der Waals surface area (Å²) >= 11 is 5.75. The van der Waals surface area contributed by atoms with Gasteiger partial charge in [-0.05, 0) is 30.7 Å². The van der Waals surface area contributed by atoms with Crippen molar-refractivity contribution in [2.45, 2.75) is 6.92 Å². The summed E-state index contributed by atoms with van der Waals surface area (Å²) in [6.45, 7) is 1.98. The van der Waals surface area contributed by atoms with Crippen molar-refractivity contribution in [2.75, 3.05) is 7.11 Å². The van der Waals surface area contributed by atoms with Crippen molar-refractivity contribution in [3.63, 3.8) is 0 Å². The van der Waals surface area contributed by atoms with E-state index in [4.69, 9.17) is 30.7 Å². The van der Waals surface area contributed by atoms with Gasteiger partial charge in [-0.25, -0.2) is 0 Å². The smallest absolute Gasteiger partial charge is 0.276 e. The van der Waals surface area contributed by atoms with Crippen LogP contribution in [-0.2, 0) is 4.57 Å². The second-order valence-electron chi connectivity index (χ2n) is 2.39. The van der Waals surface area contributed by atoms with Gasteiger partial charge >= 0.3 is 0 Å². The minimum atomic E-state index is -3.37. The third-order valence-corrected chi connectivity index (χ3v) is 1.47. The standard InChI is InChI=1S/C8H9ClO.HO3P/c1-6-3-7(9)5-8(4-6)10-2;1-4(2)3/h3-5H,1-2H3;(H,1,2,3)/p-1. The SMILES string of the molecule is COc1cc(C)cc(Cl)c1.O=[P+]([O-])[O-]. The number of methoxy groups -OCH3 is 1. The third-order valence-electron chi connectivity index (χ3n) is 1.25. The monoisotopic (exact) mass is 235 g/mol. The Morgan fingerprint density at radius 2 is 1.86 bits per heavy atom. The van der Waals surface area contributed by atoms with E-state index < -0.39 is 8.25 Å². The quantitative estimate of drug-likeness (QED) is 0.682. The Balaban J connectivity index is 0.000000364. The predicted molar refractivity (Wildman–Crippen MR) is 50.3 cm³/mol. The first-order chi connectivity index (χ1) is 6.45. The summed E-state index contributed by atoms with van der Waals surface area (Å²) < 4.78 is 13.5. The van der Waals surface area contributed by atoms with Crippen LogP contribution >= 0.6 is 19.9 Å². The second-order valence-corrected chi connectivity index (χ2v) is 3.28. The summed E-state index contributed by atoms with van der Waals surface area (Å²) in [5.74, 6) is 0.810. The molecule has 0 atom stereocenters. The van der Waals surface area contributed by atoms with Crippen molar-refractivity contribution >= 4 is 19.9 Å². The summed E-state index contributed by atoms with van der Waals surface area (Å²) in [6, 6.07) is 5.62. The molecule has 1 rings (SSSR count). The first-order valence-electron chi connectivity index (χ1n) is 3.58. The zero-order valence-electron chi connectivity index (χ0n) is 7.69. The van der Waals surface area contributed by atoms with Crippen molar-refractivity contribution in [1.29, 1.82) is 0 Å². The van der Waals surface area contributed by atoms with Gasteiger partial charge in [-0.2, -0.15) is 0 Å². The Hall–Kier alpha value is -0.670. The van der Waals surface area contributed by atoms with Crippen molar-refractivity contribution in [2.24, 2.45) is 0 Å². The van der Waals surface area contributed by atoms with E-state index in [1.165, 1.54) is 0 Å². The van der Waals surface area contributed by atoms with Crippen LogP contribution in [0.1, 0.15) is 5.56 Å². The molecule has 1 aromatic rings. The molecule has 78 valence electrons. The van der Waals surface area contributed by atoms with E-state index in [2.05, 4.69) is 0 Å². The predicted octanol–water partition coefficient (Wildman–Crippen LogP) is 1.02. The van der Waals surface area contributed by atoms with Crippen molar-refractivity contribution < 1.29 is 19.1 Å². The summed E-state index contributed by atoms with van der Waals surface area (Å²) in [5, 5.41) is 0.719. The number of ether oxygens (including phenoxy) is 1. The zero-order valence-corrected chi connectivity index (χ0v) is 9.34. The Kier molecular flexibility index (Phi) is 6.41. The molecule has 0 saturated carbocycles. The van der Waals surface area contributed by atoms with E-state index in [-0.39, 0.29) is 0 Å². The molecule has 0 bridgehead atoms. The summed E-state index contributed by atoms with van der Waals surface area (Å²) in [5.41, 5.74) is 1.12. The number of hydrogen-bond acceptors (Lipinski definition) is 4. The van der Waals surface area contributed by atoms with Gasteiger partial charge in [-0.15, -0.1) is 0 Å². The van der Waals surface area contributed by atoms with Crippen LogP contribution in [0.5, 0.6) is 5.75 Å². The molecule has 1 aromatic carbocycles. The number of rotatable bonds is 1. The Labute approximate surface area is 88.1 Å². The Morgan fingerprint density at radius 1 is 1.36 bits per heavy atom. The maximum atomic E-state index is 8.48. The molecule has 0 saturated heterocycles. The third kappa shape index (κ3) is 6.80. The summed E-state index contributed by atoms with van der Waals surface area (Å²) in [7, 11) is -1.74. The van der Waals surface area contributed by atoms with E-state index in [0.29, 0.717) is 0 Å². The maximum absolute atomic E-state index is 8.48. The van der Waals surface area contributed by atoms with Crippen LogP contribution in [-0.4, -0.2) is 7.11 Å². The van der Waals surface area contributed by atoms with Crippen LogP contribution in [0, 0.1) is 6.92 Å². The molecule has 0 aliphatic rings. The molecule has 4 nitrogen and oxygen atoms in total. The van der Waals surface area contributed by atoms with E-state index in [9.17, 15) is 0 Å². The average Bonchev–Trinajstić information content (AvgIpc) is 2.01. The largest absolute Gasteiger partial charge is 0.598 e. The lowest BCUT2D eigenvalue weighted by molar-refractivity contribution is -0.297. The Bertz CT molecular complexity index is 292. The molecule has 0 aliphatic heterocycles. The number of halogens is 1. The van der Waals surface area contributed by atoms with Gasteiger partial charge in [0.25, 0.3) is 8.25 Å². The fourth-order valence-corrected chi connectivity index (χ4v) is 1.10. The highest BCUT2D eigenvalue weighted by Gasteiger charge is 1.93. The van der Waals surface area contributed by atoms with E-state index in [0.717, 1.165) is 16.3 Å². The minimum Gasteiger partial charge on any atom is -0.598 e. The number of hydrogen-bond donors (Lipinski definition) is 0. The van der Waals surface area contributed by atoms with Gasteiger partial charge in [0.1, 0.15) is 5.75 Å². The lowest BCUT2D eigenvalue weighted by atomic mass is 10.2. The second kappa shape index (κ2) is 6.74. The molecule has 0 aromatic heterocycles. The fourth-order valence-electron chi connectivity index (χ4n) is 0.821. The molecule has 6 heteroatoms. The van der Waals surface area contributed by atoms with Gasteiger partial charge in [-0.3, -0.25) is 0 Å². The molecular formula is C8H9ClO4P-. The minimum absolute atomic E-state index is 0.719. The lowest BCUT2D eigenvalue weighted by Gasteiger charge is -2.00. The highest BCUT2D eigenvalue weighted by Crippen LogP contribution is 2.19. The molecule has 0 N–H and O–H groups in total. The molecule has 14 heavy (non-hydrogen) atoms. The van der Waals surface area contributed by atoms with E-state index in [1.807, 2.05) is 19.1 Å². The molecule has 0 unspecified atom stereocenters. The summed E-state index contributed by atoms with van der Waals surface area (Å²) in [4.78, 5) is 17.0. The topological polar surface area (TPSA) is 72.4 Å². The van der Waals surface area contributed by atoms with Crippen molar-refractivity contribution in [1.82, 2.24) is 0 Å². The zero-order chi connectivity index (χ0) is 11.1. The molecule has 0 spiro atoms. The van der Waals surface area contributed by atoms with E-state index >= 15 is 0 Å². The van der Waals surface area contributed by atoms with Gasteiger partial charge < -0.3 is 14.5 Å². The lowest BCUT2D eigenvalue weighted by Crippen LogP contribution is -1.97. The summed E-state index contributed by atoms with van der Waals surface area (Å²) in [6.07, 6.45) is 0. The van der Waals surface area contributed by atoms with E-state index in [1.54, 1.807) is 13.2 Å². The van der Waals surface area contributed by atoms with Gasteiger partial charge in [0, 0.05) is 5.02 Å².